The zero-order chi connectivity index (χ0) is 21.1. The van der Waals surface area contributed by atoms with E-state index in [4.69, 9.17) is 0 Å². The van der Waals surface area contributed by atoms with Crippen molar-refractivity contribution in [1.29, 1.82) is 0 Å². The summed E-state index contributed by atoms with van der Waals surface area (Å²) in [5.41, 5.74) is 5.35. The topological polar surface area (TPSA) is 50.2 Å². The predicted octanol–water partition coefficient (Wildman–Crippen LogP) is 4.19. The Kier molecular flexibility index (Phi) is 6.00. The molecular formula is C25H30N4O. The molecule has 0 unspecified atom stereocenters. The molecule has 3 aromatic rings. The first-order valence-electron chi connectivity index (χ1n) is 10.7. The number of aryl methyl sites for hydroxylation is 2. The monoisotopic (exact) mass is 402 g/mol. The van der Waals surface area contributed by atoms with Gasteiger partial charge in [0, 0.05) is 43.3 Å². The summed E-state index contributed by atoms with van der Waals surface area (Å²) in [5, 5.41) is 3.26. The molecule has 0 bridgehead atoms. The molecule has 1 fully saturated rings. The Bertz CT molecular complexity index is 1020. The Morgan fingerprint density at radius 3 is 2.57 bits per heavy atom. The number of benzene rings is 1. The predicted molar refractivity (Wildman–Crippen MR) is 120 cm³/mol. The number of piperidine rings is 1. The Balaban J connectivity index is 1.36. The van der Waals surface area contributed by atoms with E-state index in [0.29, 0.717) is 0 Å². The number of rotatable bonds is 5. The van der Waals surface area contributed by atoms with Crippen LogP contribution in [0.15, 0.2) is 54.7 Å². The molecule has 1 aromatic carbocycles. The van der Waals surface area contributed by atoms with Crippen LogP contribution >= 0.6 is 0 Å². The molecule has 1 N–H and O–H groups in total. The lowest BCUT2D eigenvalue weighted by Gasteiger charge is -2.32. The summed E-state index contributed by atoms with van der Waals surface area (Å²) < 4.78 is 2.04. The average molecular weight is 403 g/mol. The maximum Gasteiger partial charge on any atom is 0.253 e. The molecule has 0 atom stereocenters. The third-order valence-electron chi connectivity index (χ3n) is 5.97. The van der Waals surface area contributed by atoms with Gasteiger partial charge in [0.15, 0.2) is 0 Å². The van der Waals surface area contributed by atoms with Crippen LogP contribution in [0.5, 0.6) is 0 Å². The van der Waals surface area contributed by atoms with Gasteiger partial charge in [0.1, 0.15) is 5.82 Å². The number of likely N-dealkylation sites (tertiary alicyclic amines) is 1. The van der Waals surface area contributed by atoms with E-state index in [1.807, 2.05) is 42.7 Å². The average Bonchev–Trinajstić information content (AvgIpc) is 3.04. The van der Waals surface area contributed by atoms with Crippen LogP contribution < -0.4 is 5.32 Å². The van der Waals surface area contributed by atoms with Crippen molar-refractivity contribution in [3.63, 3.8) is 0 Å². The number of nitrogens with one attached hydrogen (secondary N) is 1. The van der Waals surface area contributed by atoms with Crippen molar-refractivity contribution in [1.82, 2.24) is 19.8 Å². The molecule has 2 aromatic heterocycles. The maximum absolute atomic E-state index is 13.0. The molecule has 3 heterocycles. The largest absolute Gasteiger partial charge is 0.349 e. The Labute approximate surface area is 178 Å². The van der Waals surface area contributed by atoms with Crippen LogP contribution in [-0.2, 0) is 6.54 Å². The molecule has 30 heavy (non-hydrogen) atoms. The fraction of sp³-hybridized carbons (Fsp3) is 0.360. The van der Waals surface area contributed by atoms with E-state index in [9.17, 15) is 4.79 Å². The quantitative estimate of drug-likeness (QED) is 0.696. The lowest BCUT2D eigenvalue weighted by atomic mass is 10.0. The van der Waals surface area contributed by atoms with Crippen LogP contribution in [-0.4, -0.2) is 39.5 Å². The SMILES string of the molecule is Cc1cccc(CN2CCC(NC(=O)c3cc(C)n(-c4ccccn4)c3C)CC2)c1. The minimum Gasteiger partial charge on any atom is -0.349 e. The summed E-state index contributed by atoms with van der Waals surface area (Å²) in [5.74, 6) is 0.860. The van der Waals surface area contributed by atoms with Crippen molar-refractivity contribution in [2.75, 3.05) is 13.1 Å². The second-order valence-electron chi connectivity index (χ2n) is 8.32. The van der Waals surface area contributed by atoms with Gasteiger partial charge >= 0.3 is 0 Å². The third-order valence-corrected chi connectivity index (χ3v) is 5.97. The first kappa shape index (κ1) is 20.4. The van der Waals surface area contributed by atoms with Gasteiger partial charge in [0.2, 0.25) is 0 Å². The number of nitrogens with zero attached hydrogens (tertiary/aromatic N) is 3. The summed E-state index contributed by atoms with van der Waals surface area (Å²) in [6.45, 7) is 9.13. The van der Waals surface area contributed by atoms with Gasteiger partial charge < -0.3 is 9.88 Å². The van der Waals surface area contributed by atoms with Crippen LogP contribution in [0.1, 0.15) is 45.7 Å². The van der Waals surface area contributed by atoms with E-state index < -0.39 is 0 Å². The number of aromatic nitrogens is 2. The number of amides is 1. The number of carbonyl (C=O) groups excluding carboxylic acids is 1. The van der Waals surface area contributed by atoms with Gasteiger partial charge in [-0.1, -0.05) is 35.9 Å². The molecule has 1 aliphatic heterocycles. The molecule has 0 aliphatic carbocycles. The fourth-order valence-electron chi connectivity index (χ4n) is 4.40. The van der Waals surface area contributed by atoms with Gasteiger partial charge in [-0.05, 0) is 57.4 Å². The first-order valence-corrected chi connectivity index (χ1v) is 10.7. The molecule has 0 saturated carbocycles. The number of hydrogen-bond acceptors (Lipinski definition) is 3. The van der Waals surface area contributed by atoms with Gasteiger partial charge in [-0.3, -0.25) is 9.69 Å². The molecular weight excluding hydrogens is 372 g/mol. The van der Waals surface area contributed by atoms with Gasteiger partial charge in [0.05, 0.1) is 5.56 Å². The normalized spacial score (nSPS) is 15.3. The molecule has 5 nitrogen and oxygen atoms in total. The summed E-state index contributed by atoms with van der Waals surface area (Å²) in [6, 6.07) is 16.7. The molecule has 5 heteroatoms. The van der Waals surface area contributed by atoms with Crippen LogP contribution in [0.3, 0.4) is 0 Å². The van der Waals surface area contributed by atoms with Crippen molar-refractivity contribution in [3.05, 3.63) is 82.8 Å². The van der Waals surface area contributed by atoms with Crippen LogP contribution in [0.2, 0.25) is 0 Å². The first-order chi connectivity index (χ1) is 14.5. The van der Waals surface area contributed by atoms with E-state index in [1.54, 1.807) is 6.20 Å². The zero-order valence-corrected chi connectivity index (χ0v) is 18.1. The molecule has 1 amide bonds. The lowest BCUT2D eigenvalue weighted by molar-refractivity contribution is 0.0908. The third kappa shape index (κ3) is 4.46. The second-order valence-corrected chi connectivity index (χ2v) is 8.32. The van der Waals surface area contributed by atoms with E-state index >= 15 is 0 Å². The van der Waals surface area contributed by atoms with Gasteiger partial charge in [-0.2, -0.15) is 0 Å². The Morgan fingerprint density at radius 2 is 1.87 bits per heavy atom. The van der Waals surface area contributed by atoms with Crippen molar-refractivity contribution in [2.45, 2.75) is 46.2 Å². The highest BCUT2D eigenvalue weighted by molar-refractivity contribution is 5.96. The highest BCUT2D eigenvalue weighted by Crippen LogP contribution is 2.21. The van der Waals surface area contributed by atoms with Gasteiger partial charge in [-0.15, -0.1) is 0 Å². The van der Waals surface area contributed by atoms with Crippen LogP contribution in [0.4, 0.5) is 0 Å². The summed E-state index contributed by atoms with van der Waals surface area (Å²) >= 11 is 0. The zero-order valence-electron chi connectivity index (χ0n) is 18.1. The van der Waals surface area contributed by atoms with Gasteiger partial charge in [0.25, 0.3) is 5.91 Å². The van der Waals surface area contributed by atoms with Gasteiger partial charge in [-0.25, -0.2) is 4.98 Å². The lowest BCUT2D eigenvalue weighted by Crippen LogP contribution is -2.44. The standard InChI is InChI=1S/C25H30N4O/c1-18-7-6-8-21(15-18)17-28-13-10-22(11-14-28)27-25(30)23-16-19(2)29(20(23)3)24-9-4-5-12-26-24/h4-9,12,15-16,22H,10-11,13-14,17H2,1-3H3,(H,27,30). The Morgan fingerprint density at radius 1 is 1.07 bits per heavy atom. The van der Waals surface area contributed by atoms with Crippen molar-refractivity contribution < 1.29 is 4.79 Å². The van der Waals surface area contributed by atoms with Crippen LogP contribution in [0.25, 0.3) is 5.82 Å². The maximum atomic E-state index is 13.0. The molecule has 156 valence electrons. The minimum atomic E-state index is 0.0161. The van der Waals surface area contributed by atoms with Crippen molar-refractivity contribution in [2.24, 2.45) is 0 Å². The number of pyridine rings is 1. The van der Waals surface area contributed by atoms with E-state index in [-0.39, 0.29) is 11.9 Å². The minimum absolute atomic E-state index is 0.0161. The van der Waals surface area contributed by atoms with Crippen molar-refractivity contribution in [3.8, 4) is 5.82 Å². The summed E-state index contributed by atoms with van der Waals surface area (Å²) in [7, 11) is 0. The highest BCUT2D eigenvalue weighted by Gasteiger charge is 2.23. The summed E-state index contributed by atoms with van der Waals surface area (Å²) in [6.07, 6.45) is 3.74. The van der Waals surface area contributed by atoms with E-state index in [2.05, 4.69) is 46.4 Å². The van der Waals surface area contributed by atoms with Crippen LogP contribution in [0, 0.1) is 20.8 Å². The second kappa shape index (κ2) is 8.84. The summed E-state index contributed by atoms with van der Waals surface area (Å²) in [4.78, 5) is 19.9. The molecule has 4 rings (SSSR count). The number of carbonyl (C=O) groups is 1. The van der Waals surface area contributed by atoms with E-state index in [0.717, 1.165) is 55.2 Å². The fourth-order valence-corrected chi connectivity index (χ4v) is 4.40. The molecule has 0 spiro atoms. The highest BCUT2D eigenvalue weighted by atomic mass is 16.1. The number of hydrogen-bond donors (Lipinski definition) is 1. The Hall–Kier alpha value is -2.92. The van der Waals surface area contributed by atoms with Crippen molar-refractivity contribution >= 4 is 5.91 Å². The molecule has 1 saturated heterocycles. The van der Waals surface area contributed by atoms with E-state index in [1.165, 1.54) is 11.1 Å². The molecule has 1 aliphatic rings. The molecule has 0 radical (unpaired) electrons. The smallest absolute Gasteiger partial charge is 0.253 e.